The molecule has 0 saturated heterocycles. The average molecular weight is 744 g/mol. The van der Waals surface area contributed by atoms with Gasteiger partial charge in [0, 0.05) is 60.3 Å². The number of benzene rings is 2. The fourth-order valence-corrected chi connectivity index (χ4v) is 7.93. The first-order chi connectivity index (χ1) is 23.8. The lowest BCUT2D eigenvalue weighted by Crippen LogP contribution is -2.28. The molecule has 0 saturated carbocycles. The van der Waals surface area contributed by atoms with Gasteiger partial charge in [-0.05, 0) is 81.5 Å². The van der Waals surface area contributed by atoms with E-state index >= 15 is 0 Å². The van der Waals surface area contributed by atoms with Crippen LogP contribution in [-0.2, 0) is 40.7 Å². The monoisotopic (exact) mass is 743 g/mol. The molecule has 0 amide bonds. The zero-order valence-corrected chi connectivity index (χ0v) is 31.0. The summed E-state index contributed by atoms with van der Waals surface area (Å²) < 4.78 is 69.4. The molecule has 0 unspecified atom stereocenters. The fraction of sp³-hybridized carbons (Fsp3) is 0.432. The average Bonchev–Trinajstić information content (AvgIpc) is 3.37. The summed E-state index contributed by atoms with van der Waals surface area (Å²) in [6, 6.07) is 9.10. The number of rotatable bonds is 17. The molecule has 4 N–H and O–H groups in total. The summed E-state index contributed by atoms with van der Waals surface area (Å²) >= 11 is 0. The van der Waals surface area contributed by atoms with Crippen molar-refractivity contribution >= 4 is 49.3 Å². The lowest BCUT2D eigenvalue weighted by molar-refractivity contribution is -0.438. The molecule has 0 aromatic heterocycles. The van der Waals surface area contributed by atoms with E-state index in [4.69, 9.17) is 10.2 Å². The van der Waals surface area contributed by atoms with Gasteiger partial charge in [0.05, 0.1) is 15.2 Å². The van der Waals surface area contributed by atoms with E-state index < -0.39 is 43.0 Å². The number of anilines is 1. The summed E-state index contributed by atoms with van der Waals surface area (Å²) in [5.41, 5.74) is 3.64. The van der Waals surface area contributed by atoms with E-state index in [1.807, 2.05) is 58.1 Å². The second kappa shape index (κ2) is 15.6. The molecule has 0 atom stereocenters. The molecule has 2 aliphatic rings. The van der Waals surface area contributed by atoms with Crippen LogP contribution in [0.3, 0.4) is 0 Å². The molecule has 0 bridgehead atoms. The topological polar surface area (TPSA) is 190 Å². The summed E-state index contributed by atoms with van der Waals surface area (Å²) in [5.74, 6) is -1.69. The number of carboxylic acids is 2. The highest BCUT2D eigenvalue weighted by Crippen LogP contribution is 2.48. The van der Waals surface area contributed by atoms with Crippen molar-refractivity contribution in [2.45, 2.75) is 99.7 Å². The molecule has 0 fully saturated rings. The number of carboxylic acid groups (broad SMARTS) is 2. The van der Waals surface area contributed by atoms with E-state index in [-0.39, 0.29) is 22.6 Å². The molecule has 0 aliphatic carbocycles. The van der Waals surface area contributed by atoms with Crippen LogP contribution >= 0.6 is 0 Å². The molecular weight excluding hydrogens is 697 g/mol. The Morgan fingerprint density at radius 1 is 0.725 bits per heavy atom. The van der Waals surface area contributed by atoms with Gasteiger partial charge in [-0.1, -0.05) is 38.5 Å². The maximum atomic E-state index is 12.0. The normalized spacial score (nSPS) is 17.5. The Labute approximate surface area is 300 Å². The van der Waals surface area contributed by atoms with Gasteiger partial charge in [0.1, 0.15) is 6.54 Å². The summed E-state index contributed by atoms with van der Waals surface area (Å²) in [6.45, 7) is 9.06. The Balaban J connectivity index is 1.65. The van der Waals surface area contributed by atoms with Crippen molar-refractivity contribution in [1.29, 1.82) is 0 Å². The van der Waals surface area contributed by atoms with Crippen molar-refractivity contribution < 1.29 is 50.3 Å². The number of hydrogen-bond donors (Lipinski definition) is 4. The molecular formula is C37H47N2O10S2+. The molecule has 2 aromatic rings. The molecule has 12 nitrogen and oxygen atoms in total. The third kappa shape index (κ3) is 9.23. The first kappa shape index (κ1) is 39.7. The summed E-state index contributed by atoms with van der Waals surface area (Å²) in [5, 5.41) is 18.0. The molecule has 2 heterocycles. The Bertz CT molecular complexity index is 2020. The van der Waals surface area contributed by atoms with Crippen LogP contribution in [0.25, 0.3) is 0 Å². The zero-order valence-electron chi connectivity index (χ0n) is 29.4. The molecule has 0 radical (unpaired) electrons. The Kier molecular flexibility index (Phi) is 12.2. The number of nitrogens with zero attached hydrogens (tertiary/aromatic N) is 2. The van der Waals surface area contributed by atoms with Crippen molar-refractivity contribution in [1.82, 2.24) is 0 Å². The first-order valence-corrected chi connectivity index (χ1v) is 19.8. The van der Waals surface area contributed by atoms with Crippen LogP contribution in [0.4, 0.5) is 11.4 Å². The predicted octanol–water partition coefficient (Wildman–Crippen LogP) is 6.64. The van der Waals surface area contributed by atoms with Crippen LogP contribution in [0.2, 0.25) is 0 Å². The van der Waals surface area contributed by atoms with Gasteiger partial charge >= 0.3 is 11.9 Å². The smallest absolute Gasteiger partial charge is 0.303 e. The van der Waals surface area contributed by atoms with Gasteiger partial charge in [0.15, 0.2) is 5.71 Å². The van der Waals surface area contributed by atoms with Gasteiger partial charge in [-0.15, -0.1) is 0 Å². The molecule has 4 rings (SSSR count). The van der Waals surface area contributed by atoms with Gasteiger partial charge in [-0.25, -0.2) is 0 Å². The molecule has 51 heavy (non-hydrogen) atoms. The van der Waals surface area contributed by atoms with Gasteiger partial charge < -0.3 is 15.1 Å². The van der Waals surface area contributed by atoms with Crippen molar-refractivity contribution in [3.8, 4) is 0 Å². The van der Waals surface area contributed by atoms with Crippen LogP contribution in [-0.4, -0.2) is 71.5 Å². The van der Waals surface area contributed by atoms with Crippen molar-refractivity contribution in [2.24, 2.45) is 0 Å². The van der Waals surface area contributed by atoms with E-state index in [9.17, 15) is 35.5 Å². The van der Waals surface area contributed by atoms with Gasteiger partial charge in [-0.2, -0.15) is 21.4 Å². The molecule has 276 valence electrons. The second-order valence-corrected chi connectivity index (χ2v) is 16.8. The predicted molar refractivity (Wildman–Crippen MR) is 194 cm³/mol. The van der Waals surface area contributed by atoms with E-state index in [2.05, 4.69) is 9.48 Å². The Morgan fingerprint density at radius 3 is 1.88 bits per heavy atom. The van der Waals surface area contributed by atoms with Gasteiger partial charge in [0.25, 0.3) is 20.2 Å². The van der Waals surface area contributed by atoms with E-state index in [1.54, 1.807) is 12.1 Å². The number of allylic oxidation sites excluding steroid dienone is 6. The third-order valence-electron chi connectivity index (χ3n) is 9.60. The van der Waals surface area contributed by atoms with Crippen LogP contribution in [0.1, 0.15) is 90.2 Å². The third-order valence-corrected chi connectivity index (χ3v) is 11.3. The lowest BCUT2D eigenvalue weighted by atomic mass is 9.81. The highest BCUT2D eigenvalue weighted by Gasteiger charge is 2.45. The van der Waals surface area contributed by atoms with Gasteiger partial charge in [-0.3, -0.25) is 18.7 Å². The van der Waals surface area contributed by atoms with Crippen LogP contribution < -0.4 is 4.90 Å². The largest absolute Gasteiger partial charge is 0.481 e. The minimum absolute atomic E-state index is 0.0856. The molecule has 2 aromatic carbocycles. The highest BCUT2D eigenvalue weighted by molar-refractivity contribution is 7.86. The minimum Gasteiger partial charge on any atom is -0.481 e. The van der Waals surface area contributed by atoms with E-state index in [0.717, 1.165) is 33.9 Å². The van der Waals surface area contributed by atoms with Crippen molar-refractivity contribution in [2.75, 3.05) is 18.0 Å². The molecule has 2 aliphatic heterocycles. The van der Waals surface area contributed by atoms with Crippen LogP contribution in [0.5, 0.6) is 0 Å². The number of fused-ring (bicyclic) bond motifs is 2. The van der Waals surface area contributed by atoms with Crippen molar-refractivity contribution in [3.63, 3.8) is 0 Å². The summed E-state index contributed by atoms with van der Waals surface area (Å²) in [6.07, 6.45) is 13.6. The van der Waals surface area contributed by atoms with Crippen molar-refractivity contribution in [3.05, 3.63) is 83.6 Å². The fourth-order valence-electron chi connectivity index (χ4n) is 6.92. The molecule has 0 spiro atoms. The SMILES string of the molecule is CC1(C)C(=CC=CC=CC2=[N+](CCCCCC(=O)O)c3ccc(S(=O)(=O)O)cc3C2(C)C)N(CCCCCC(=O)O)c2ccc(S(=O)(=O)O)cc21. The number of aliphatic carboxylic acids is 2. The Morgan fingerprint density at radius 2 is 1.29 bits per heavy atom. The zero-order chi connectivity index (χ0) is 37.8. The van der Waals surface area contributed by atoms with Crippen LogP contribution in [0.15, 0.2) is 82.3 Å². The summed E-state index contributed by atoms with van der Waals surface area (Å²) in [7, 11) is -8.84. The lowest BCUT2D eigenvalue weighted by Gasteiger charge is -2.27. The van der Waals surface area contributed by atoms with E-state index in [0.29, 0.717) is 51.6 Å². The molecule has 14 heteroatoms. The van der Waals surface area contributed by atoms with E-state index in [1.165, 1.54) is 24.3 Å². The van der Waals surface area contributed by atoms with Crippen LogP contribution in [0, 0.1) is 0 Å². The van der Waals surface area contributed by atoms with Gasteiger partial charge in [0.2, 0.25) is 5.69 Å². The standard InChI is InChI=1S/C37H46N2O10S2/c1-36(2)28-24-26(50(44,45)46)18-20-30(28)38(22-12-6-10-16-34(40)41)32(36)14-8-5-9-15-33-37(3,4)29-25-27(51(47,48)49)19-21-31(29)39(33)23-13-7-11-17-35(42)43/h5,8-9,14-15,18-21,24-25H,6-7,10-13,16-17,22-23H2,1-4H3,(H3-,40,41,42,43,44,45,46,47,48,49)/p+1. The first-order valence-electron chi connectivity index (χ1n) is 16.9. The number of carbonyl (C=O) groups is 2. The minimum atomic E-state index is -4.42. The highest BCUT2D eigenvalue weighted by atomic mass is 32.2. The number of hydrogen-bond acceptors (Lipinski definition) is 7. The number of unbranched alkanes of at least 4 members (excludes halogenated alkanes) is 4. The summed E-state index contributed by atoms with van der Waals surface area (Å²) in [4.78, 5) is 23.7. The quantitative estimate of drug-likeness (QED) is 0.0588. The maximum absolute atomic E-state index is 12.0. The Hall–Kier alpha value is -4.11. The second-order valence-electron chi connectivity index (χ2n) is 14.0. The maximum Gasteiger partial charge on any atom is 0.303 e.